The van der Waals surface area contributed by atoms with E-state index in [1.807, 2.05) is 0 Å². The van der Waals surface area contributed by atoms with Crippen molar-refractivity contribution in [3.8, 4) is 0 Å². The first-order valence-corrected chi connectivity index (χ1v) is 4.99. The summed E-state index contributed by atoms with van der Waals surface area (Å²) in [6.45, 7) is 4.78. The zero-order chi connectivity index (χ0) is 9.68. The fraction of sp³-hybridized carbons (Fsp3) is 0.500. The van der Waals surface area contributed by atoms with Crippen molar-refractivity contribution in [3.63, 3.8) is 0 Å². The summed E-state index contributed by atoms with van der Waals surface area (Å²) in [5, 5.41) is 0. The van der Waals surface area contributed by atoms with Crippen molar-refractivity contribution >= 4 is 0 Å². The Hall–Kier alpha value is 0.985. The Morgan fingerprint density at radius 2 is 1.79 bits per heavy atom. The zero-order valence-electron chi connectivity index (χ0n) is 9.51. The summed E-state index contributed by atoms with van der Waals surface area (Å²) in [7, 11) is 0. The summed E-state index contributed by atoms with van der Waals surface area (Å²) >= 11 is 0. The molecule has 1 rings (SSSR count). The van der Waals surface area contributed by atoms with Crippen LogP contribution in [-0.4, -0.2) is 6.54 Å². The van der Waals surface area contributed by atoms with Crippen LogP contribution >= 0.6 is 0 Å². The molecule has 0 aliphatic rings. The second-order valence-corrected chi connectivity index (χ2v) is 3.60. The molecule has 0 aromatic heterocycles. The van der Waals surface area contributed by atoms with Gasteiger partial charge in [0.25, 0.3) is 0 Å². The summed E-state index contributed by atoms with van der Waals surface area (Å²) in [5.41, 5.74) is 10.1. The maximum absolute atomic E-state index is 7.45. The van der Waals surface area contributed by atoms with Crippen LogP contribution in [0.15, 0.2) is 24.3 Å². The van der Waals surface area contributed by atoms with Crippen molar-refractivity contribution in [2.75, 3.05) is 6.54 Å². The normalized spacial score (nSPS) is 11.9. The molecule has 0 radical (unpaired) electrons. The van der Waals surface area contributed by atoms with Crippen LogP contribution in [0.3, 0.4) is 0 Å². The number of hydrogen-bond acceptors (Lipinski definition) is 0. The molecule has 14 heavy (non-hydrogen) atoms. The molecule has 0 saturated heterocycles. The van der Waals surface area contributed by atoms with Gasteiger partial charge in [0.05, 0.1) is 0 Å². The molecule has 0 fully saturated rings. The molecule has 1 atom stereocenters. The van der Waals surface area contributed by atoms with E-state index in [0.717, 1.165) is 12.8 Å². The maximum Gasteiger partial charge on any atom is 1.00 e. The summed E-state index contributed by atoms with van der Waals surface area (Å²) in [6, 6.07) is 8.58. The van der Waals surface area contributed by atoms with Gasteiger partial charge < -0.3 is 5.73 Å². The van der Waals surface area contributed by atoms with Crippen molar-refractivity contribution < 1.29 is 58.2 Å². The van der Waals surface area contributed by atoms with Gasteiger partial charge in [-0.15, -0.1) is 6.54 Å². The van der Waals surface area contributed by atoms with E-state index in [1.165, 1.54) is 11.1 Å². The van der Waals surface area contributed by atoms with Crippen molar-refractivity contribution in [1.29, 1.82) is 0 Å². The minimum atomic E-state index is 0. The molecular formula is C12H18NRb. The number of nitrogens with one attached hydrogen (secondary N) is 1. The van der Waals surface area contributed by atoms with E-state index in [-0.39, 0.29) is 58.2 Å². The average Bonchev–Trinajstić information content (AvgIpc) is 2.16. The molecule has 2 heteroatoms. The van der Waals surface area contributed by atoms with Crippen LogP contribution in [0.2, 0.25) is 0 Å². The quantitative estimate of drug-likeness (QED) is 0.770. The van der Waals surface area contributed by atoms with Crippen molar-refractivity contribution in [1.82, 2.24) is 0 Å². The Morgan fingerprint density at radius 3 is 2.21 bits per heavy atom. The van der Waals surface area contributed by atoms with E-state index >= 15 is 0 Å². The van der Waals surface area contributed by atoms with Crippen molar-refractivity contribution in [2.45, 2.75) is 32.6 Å². The Bertz CT molecular complexity index is 243. The van der Waals surface area contributed by atoms with Gasteiger partial charge in [-0.05, 0) is 24.8 Å². The number of aryl methyl sites for hydroxylation is 1. The summed E-state index contributed by atoms with van der Waals surface area (Å²) < 4.78 is 0. The minimum absolute atomic E-state index is 0. The second kappa shape index (κ2) is 8.17. The Kier molecular flexibility index (Phi) is 8.75. The zero-order valence-corrected chi connectivity index (χ0v) is 14.4. The first-order valence-electron chi connectivity index (χ1n) is 4.99. The Balaban J connectivity index is 0.00000169. The monoisotopic (exact) mass is 261 g/mol. The van der Waals surface area contributed by atoms with E-state index in [9.17, 15) is 0 Å². The van der Waals surface area contributed by atoms with Gasteiger partial charge >= 0.3 is 58.2 Å². The molecule has 1 aromatic carbocycles. The van der Waals surface area contributed by atoms with Gasteiger partial charge in [0.1, 0.15) is 0 Å². The molecule has 1 nitrogen and oxygen atoms in total. The van der Waals surface area contributed by atoms with Gasteiger partial charge in [0.2, 0.25) is 0 Å². The van der Waals surface area contributed by atoms with Gasteiger partial charge in [-0.1, -0.05) is 43.2 Å². The van der Waals surface area contributed by atoms with Crippen LogP contribution in [0.1, 0.15) is 36.8 Å². The van der Waals surface area contributed by atoms with Crippen LogP contribution in [-0.2, 0) is 0 Å². The molecule has 0 aliphatic heterocycles. The molecule has 0 aliphatic carbocycles. The summed E-state index contributed by atoms with van der Waals surface area (Å²) in [5.74, 6) is 0.436. The predicted octanol–water partition coefficient (Wildman–Crippen LogP) is 0.935. The van der Waals surface area contributed by atoms with Gasteiger partial charge in [-0.3, -0.25) is 0 Å². The summed E-state index contributed by atoms with van der Waals surface area (Å²) in [6.07, 6.45) is 2.30. The Labute approximate surface area is 136 Å². The largest absolute Gasteiger partial charge is 1.00 e. The molecular weight excluding hydrogens is 244 g/mol. The third kappa shape index (κ3) is 4.67. The van der Waals surface area contributed by atoms with Crippen LogP contribution in [0.25, 0.3) is 5.73 Å². The Morgan fingerprint density at radius 1 is 1.21 bits per heavy atom. The third-order valence-corrected chi connectivity index (χ3v) is 2.43. The van der Waals surface area contributed by atoms with Crippen LogP contribution in [0.5, 0.6) is 0 Å². The standard InChI is InChI=1S/C12H18N.Rb/c1-3-4-12(9-13)11-7-5-10(2)6-8-11;/h5-8,12-13H,3-4,9H2,1-2H3;/q-1;+1. The SMILES string of the molecule is CCCC(C[NH-])c1ccc(C)cc1.[Rb+]. The molecule has 0 heterocycles. The molecule has 0 spiro atoms. The van der Waals surface area contributed by atoms with E-state index in [0.29, 0.717) is 12.5 Å². The third-order valence-electron chi connectivity index (χ3n) is 2.43. The fourth-order valence-corrected chi connectivity index (χ4v) is 1.57. The maximum atomic E-state index is 7.45. The summed E-state index contributed by atoms with van der Waals surface area (Å²) in [4.78, 5) is 0. The van der Waals surface area contributed by atoms with Crippen LogP contribution in [0.4, 0.5) is 0 Å². The van der Waals surface area contributed by atoms with Crippen LogP contribution < -0.4 is 58.2 Å². The fourth-order valence-electron chi connectivity index (χ4n) is 1.57. The van der Waals surface area contributed by atoms with E-state index < -0.39 is 0 Å². The number of rotatable bonds is 4. The van der Waals surface area contributed by atoms with E-state index in [1.54, 1.807) is 0 Å². The van der Waals surface area contributed by atoms with Crippen molar-refractivity contribution in [3.05, 3.63) is 41.1 Å². The molecule has 1 unspecified atom stereocenters. The molecule has 1 N–H and O–H groups in total. The smallest absolute Gasteiger partial charge is 0.677 e. The predicted molar refractivity (Wildman–Crippen MR) is 58.0 cm³/mol. The van der Waals surface area contributed by atoms with Gasteiger partial charge in [0.15, 0.2) is 0 Å². The average molecular weight is 262 g/mol. The molecule has 72 valence electrons. The van der Waals surface area contributed by atoms with E-state index in [2.05, 4.69) is 38.1 Å². The van der Waals surface area contributed by atoms with Gasteiger partial charge in [-0.2, -0.15) is 0 Å². The van der Waals surface area contributed by atoms with E-state index in [4.69, 9.17) is 5.73 Å². The number of benzene rings is 1. The number of hydrogen-bond donors (Lipinski definition) is 0. The minimum Gasteiger partial charge on any atom is -0.677 e. The van der Waals surface area contributed by atoms with Gasteiger partial charge in [0, 0.05) is 0 Å². The topological polar surface area (TPSA) is 23.8 Å². The molecule has 0 bridgehead atoms. The first kappa shape index (κ1) is 15.0. The first-order chi connectivity index (χ1) is 6.27. The molecule has 0 saturated carbocycles. The molecule has 0 amide bonds. The molecule has 1 aromatic rings. The van der Waals surface area contributed by atoms with Crippen LogP contribution in [0, 0.1) is 6.92 Å². The second-order valence-electron chi connectivity index (χ2n) is 3.60. The van der Waals surface area contributed by atoms with Gasteiger partial charge in [-0.25, -0.2) is 0 Å². The van der Waals surface area contributed by atoms with Crippen molar-refractivity contribution in [2.24, 2.45) is 0 Å².